The zero-order chi connectivity index (χ0) is 20.4. The van der Waals surface area contributed by atoms with Crippen LogP contribution in [-0.2, 0) is 7.05 Å². The van der Waals surface area contributed by atoms with Gasteiger partial charge in [-0.25, -0.2) is 14.4 Å². The summed E-state index contributed by atoms with van der Waals surface area (Å²) in [7, 11) is 1.80. The minimum atomic E-state index is -0.746. The zero-order valence-electron chi connectivity index (χ0n) is 15.3. The molecule has 0 bridgehead atoms. The molecular formula is C21H16ClFN4OS. The van der Waals surface area contributed by atoms with Crippen molar-refractivity contribution >= 4 is 28.8 Å². The van der Waals surface area contributed by atoms with Crippen molar-refractivity contribution in [2.45, 2.75) is 6.04 Å². The molecule has 0 saturated carbocycles. The van der Waals surface area contributed by atoms with Crippen molar-refractivity contribution in [2.75, 3.05) is 0 Å². The van der Waals surface area contributed by atoms with E-state index in [-0.39, 0.29) is 5.69 Å². The molecule has 0 spiro atoms. The molecule has 1 amide bonds. The van der Waals surface area contributed by atoms with Crippen molar-refractivity contribution in [3.8, 4) is 10.6 Å². The Morgan fingerprint density at radius 2 is 1.97 bits per heavy atom. The molecule has 1 atom stereocenters. The summed E-state index contributed by atoms with van der Waals surface area (Å²) in [6, 6.07) is 12.8. The lowest BCUT2D eigenvalue weighted by molar-refractivity contribution is 0.0936. The largest absolute Gasteiger partial charge is 0.337 e. The van der Waals surface area contributed by atoms with E-state index in [4.69, 9.17) is 11.6 Å². The Kier molecular flexibility index (Phi) is 5.42. The molecule has 0 fully saturated rings. The van der Waals surface area contributed by atoms with Gasteiger partial charge in [0.2, 0.25) is 0 Å². The van der Waals surface area contributed by atoms with E-state index in [1.807, 2.05) is 12.1 Å². The van der Waals surface area contributed by atoms with E-state index in [1.165, 1.54) is 17.4 Å². The van der Waals surface area contributed by atoms with Crippen molar-refractivity contribution in [3.05, 3.63) is 94.2 Å². The van der Waals surface area contributed by atoms with Crippen LogP contribution in [0.1, 0.15) is 27.9 Å². The molecule has 2 heterocycles. The van der Waals surface area contributed by atoms with Crippen molar-refractivity contribution in [1.82, 2.24) is 19.9 Å². The minimum Gasteiger partial charge on any atom is -0.337 e. The van der Waals surface area contributed by atoms with Crippen LogP contribution >= 0.6 is 22.9 Å². The molecule has 2 aromatic carbocycles. The number of carbonyl (C=O) groups excluding carboxylic acids is 1. The van der Waals surface area contributed by atoms with Gasteiger partial charge in [-0.2, -0.15) is 0 Å². The number of nitrogens with one attached hydrogen (secondary N) is 1. The summed E-state index contributed by atoms with van der Waals surface area (Å²) >= 11 is 7.28. The van der Waals surface area contributed by atoms with Gasteiger partial charge in [-0.05, 0) is 18.2 Å². The number of aromatic nitrogens is 3. The lowest BCUT2D eigenvalue weighted by atomic mass is 10.1. The van der Waals surface area contributed by atoms with Gasteiger partial charge in [-0.3, -0.25) is 4.79 Å². The molecular weight excluding hydrogens is 411 g/mol. The fourth-order valence-corrected chi connectivity index (χ4v) is 3.89. The van der Waals surface area contributed by atoms with E-state index in [2.05, 4.69) is 15.3 Å². The highest BCUT2D eigenvalue weighted by Gasteiger charge is 2.25. The summed E-state index contributed by atoms with van der Waals surface area (Å²) in [6.45, 7) is 0. The number of thiazole rings is 1. The van der Waals surface area contributed by atoms with Crippen LogP contribution in [0.5, 0.6) is 0 Å². The molecule has 0 aliphatic carbocycles. The number of imidazole rings is 1. The predicted molar refractivity (Wildman–Crippen MR) is 111 cm³/mol. The van der Waals surface area contributed by atoms with E-state index in [0.29, 0.717) is 21.4 Å². The first-order valence-electron chi connectivity index (χ1n) is 8.77. The SMILES string of the molecule is Cn1ccnc1C(NC(=O)c1csc(-c2ccc(Cl)cc2)n1)c1ccccc1F. The Bertz CT molecular complexity index is 1160. The van der Waals surface area contributed by atoms with Gasteiger partial charge in [0.1, 0.15) is 28.4 Å². The predicted octanol–water partition coefficient (Wildman–Crippen LogP) is 4.86. The number of carbonyl (C=O) groups is 1. The van der Waals surface area contributed by atoms with Crippen molar-refractivity contribution in [3.63, 3.8) is 0 Å². The van der Waals surface area contributed by atoms with Crippen LogP contribution in [0.15, 0.2) is 66.3 Å². The third-order valence-corrected chi connectivity index (χ3v) is 5.58. The Balaban J connectivity index is 1.63. The maximum atomic E-state index is 14.5. The monoisotopic (exact) mass is 426 g/mol. The first-order chi connectivity index (χ1) is 14.0. The second kappa shape index (κ2) is 8.14. The highest BCUT2D eigenvalue weighted by molar-refractivity contribution is 7.13. The van der Waals surface area contributed by atoms with Gasteiger partial charge in [0, 0.05) is 41.0 Å². The van der Waals surface area contributed by atoms with Crippen molar-refractivity contribution in [1.29, 1.82) is 0 Å². The summed E-state index contributed by atoms with van der Waals surface area (Å²) < 4.78 is 16.2. The second-order valence-corrected chi connectivity index (χ2v) is 7.66. The standard InChI is InChI=1S/C21H16ClFN4OS/c1-27-11-10-24-19(27)18(15-4-2-3-5-16(15)23)26-20(28)17-12-29-21(25-17)13-6-8-14(22)9-7-13/h2-12,18H,1H3,(H,26,28). The normalized spacial score (nSPS) is 12.0. The van der Waals surface area contributed by atoms with Crippen LogP contribution in [-0.4, -0.2) is 20.4 Å². The summed E-state index contributed by atoms with van der Waals surface area (Å²) in [4.78, 5) is 21.6. The van der Waals surface area contributed by atoms with E-state index < -0.39 is 17.8 Å². The number of benzene rings is 2. The molecule has 4 rings (SSSR count). The average Bonchev–Trinajstić information content (AvgIpc) is 3.37. The van der Waals surface area contributed by atoms with Gasteiger partial charge in [0.05, 0.1) is 0 Å². The summed E-state index contributed by atoms with van der Waals surface area (Å²) in [5.41, 5.74) is 1.46. The van der Waals surface area contributed by atoms with Crippen molar-refractivity contribution in [2.24, 2.45) is 7.05 Å². The maximum absolute atomic E-state index is 14.5. The zero-order valence-corrected chi connectivity index (χ0v) is 16.9. The number of nitrogens with zero attached hydrogens (tertiary/aromatic N) is 3. The fourth-order valence-electron chi connectivity index (χ4n) is 2.95. The van der Waals surface area contributed by atoms with Crippen LogP contribution in [0.3, 0.4) is 0 Å². The Labute approximate surface area is 175 Å². The minimum absolute atomic E-state index is 0.260. The van der Waals surface area contributed by atoms with Crippen LogP contribution in [0.4, 0.5) is 4.39 Å². The van der Waals surface area contributed by atoms with Gasteiger partial charge in [-0.15, -0.1) is 11.3 Å². The fraction of sp³-hybridized carbons (Fsp3) is 0.0952. The lowest BCUT2D eigenvalue weighted by Gasteiger charge is -2.19. The molecule has 1 unspecified atom stereocenters. The number of halogens is 2. The number of amides is 1. The summed E-state index contributed by atoms with van der Waals surface area (Å²) in [6.07, 6.45) is 3.35. The molecule has 4 aromatic rings. The summed E-state index contributed by atoms with van der Waals surface area (Å²) in [5, 5.41) is 5.88. The Morgan fingerprint density at radius 1 is 1.21 bits per heavy atom. The van der Waals surface area contributed by atoms with E-state index in [1.54, 1.807) is 59.7 Å². The van der Waals surface area contributed by atoms with Gasteiger partial charge in [0.15, 0.2) is 0 Å². The molecule has 0 aliphatic heterocycles. The smallest absolute Gasteiger partial charge is 0.271 e. The molecule has 0 aliphatic rings. The Hall–Kier alpha value is -3.03. The number of aryl methyl sites for hydroxylation is 1. The van der Waals surface area contributed by atoms with Gasteiger partial charge in [-0.1, -0.05) is 41.9 Å². The Morgan fingerprint density at radius 3 is 2.66 bits per heavy atom. The average molecular weight is 427 g/mol. The lowest BCUT2D eigenvalue weighted by Crippen LogP contribution is -2.31. The quantitative estimate of drug-likeness (QED) is 0.496. The van der Waals surface area contributed by atoms with Crippen molar-refractivity contribution < 1.29 is 9.18 Å². The van der Waals surface area contributed by atoms with Gasteiger partial charge >= 0.3 is 0 Å². The highest BCUT2D eigenvalue weighted by atomic mass is 35.5. The highest BCUT2D eigenvalue weighted by Crippen LogP contribution is 2.27. The molecule has 0 saturated heterocycles. The number of hydrogen-bond donors (Lipinski definition) is 1. The first-order valence-corrected chi connectivity index (χ1v) is 10.0. The van der Waals surface area contributed by atoms with Crippen LogP contribution < -0.4 is 5.32 Å². The van der Waals surface area contributed by atoms with Crippen LogP contribution in [0, 0.1) is 5.82 Å². The van der Waals surface area contributed by atoms with E-state index in [9.17, 15) is 9.18 Å². The molecule has 0 radical (unpaired) electrons. The molecule has 1 N–H and O–H groups in total. The second-order valence-electron chi connectivity index (χ2n) is 6.37. The third-order valence-electron chi connectivity index (χ3n) is 4.44. The molecule has 146 valence electrons. The third kappa shape index (κ3) is 4.06. The number of rotatable bonds is 5. The molecule has 8 heteroatoms. The van der Waals surface area contributed by atoms with Crippen LogP contribution in [0.2, 0.25) is 5.02 Å². The van der Waals surface area contributed by atoms with Gasteiger partial charge in [0.25, 0.3) is 5.91 Å². The molecule has 5 nitrogen and oxygen atoms in total. The molecule has 29 heavy (non-hydrogen) atoms. The maximum Gasteiger partial charge on any atom is 0.271 e. The van der Waals surface area contributed by atoms with Crippen LogP contribution in [0.25, 0.3) is 10.6 Å². The topological polar surface area (TPSA) is 59.8 Å². The van der Waals surface area contributed by atoms with E-state index in [0.717, 1.165) is 5.56 Å². The van der Waals surface area contributed by atoms with E-state index >= 15 is 0 Å². The first kappa shape index (κ1) is 19.3. The summed E-state index contributed by atoms with van der Waals surface area (Å²) in [5.74, 6) is -0.296. The van der Waals surface area contributed by atoms with Gasteiger partial charge < -0.3 is 9.88 Å². The number of hydrogen-bond acceptors (Lipinski definition) is 4. The molecule has 2 aromatic heterocycles.